The van der Waals surface area contributed by atoms with E-state index in [1.807, 2.05) is 55.5 Å². The fourth-order valence-corrected chi connectivity index (χ4v) is 3.13. The molecule has 4 heteroatoms. The molecular weight excluding hydrogens is 326 g/mol. The van der Waals surface area contributed by atoms with Crippen LogP contribution in [0.1, 0.15) is 12.5 Å². The molecule has 3 aromatic carbocycles. The zero-order valence-electron chi connectivity index (χ0n) is 14.4. The molecule has 1 heterocycles. The van der Waals surface area contributed by atoms with E-state index < -0.39 is 6.09 Å². The van der Waals surface area contributed by atoms with Crippen molar-refractivity contribution in [1.82, 2.24) is 5.32 Å². The minimum Gasteiger partial charge on any atom is -0.456 e. The molecule has 4 rings (SSSR count). The molecule has 0 fully saturated rings. The average molecular weight is 345 g/mol. The smallest absolute Gasteiger partial charge is 0.412 e. The van der Waals surface area contributed by atoms with Crippen molar-refractivity contribution in [2.45, 2.75) is 19.4 Å². The second kappa shape index (κ2) is 6.92. The molecule has 0 aliphatic heterocycles. The van der Waals surface area contributed by atoms with Crippen LogP contribution in [0.4, 0.5) is 4.79 Å². The number of para-hydroxylation sites is 2. The van der Waals surface area contributed by atoms with E-state index in [1.54, 1.807) is 12.1 Å². The first-order valence-corrected chi connectivity index (χ1v) is 8.62. The van der Waals surface area contributed by atoms with E-state index in [0.717, 1.165) is 27.5 Å². The summed E-state index contributed by atoms with van der Waals surface area (Å²) in [6.07, 6.45) is 0.262. The number of hydrogen-bond acceptors (Lipinski definition) is 3. The Morgan fingerprint density at radius 1 is 0.962 bits per heavy atom. The Hall–Kier alpha value is -3.27. The van der Waals surface area contributed by atoms with Crippen LogP contribution in [0.2, 0.25) is 0 Å². The number of furan rings is 1. The largest absolute Gasteiger partial charge is 0.456 e. The molecule has 26 heavy (non-hydrogen) atoms. The van der Waals surface area contributed by atoms with E-state index in [2.05, 4.69) is 17.4 Å². The van der Waals surface area contributed by atoms with Crippen LogP contribution in [-0.4, -0.2) is 12.1 Å². The molecule has 0 aliphatic carbocycles. The highest BCUT2D eigenvalue weighted by Gasteiger charge is 2.12. The lowest BCUT2D eigenvalue weighted by molar-refractivity contribution is 0.197. The number of amides is 1. The normalized spacial score (nSPS) is 12.2. The Kier molecular flexibility index (Phi) is 4.32. The Labute approximate surface area is 151 Å². The SMILES string of the molecule is C[C@@H](Cc1ccc2oc3ccccc3c2c1)NC(=O)Oc1ccccc1. The van der Waals surface area contributed by atoms with Gasteiger partial charge in [0.25, 0.3) is 0 Å². The Balaban J connectivity index is 1.46. The maximum atomic E-state index is 12.0. The van der Waals surface area contributed by atoms with E-state index in [4.69, 9.17) is 9.15 Å². The van der Waals surface area contributed by atoms with Crippen LogP contribution >= 0.6 is 0 Å². The van der Waals surface area contributed by atoms with Gasteiger partial charge in [-0.15, -0.1) is 0 Å². The van der Waals surface area contributed by atoms with E-state index in [9.17, 15) is 4.79 Å². The van der Waals surface area contributed by atoms with Crippen molar-refractivity contribution in [2.75, 3.05) is 0 Å². The molecule has 130 valence electrons. The van der Waals surface area contributed by atoms with Gasteiger partial charge in [0.2, 0.25) is 0 Å². The first-order chi connectivity index (χ1) is 12.7. The van der Waals surface area contributed by atoms with Gasteiger partial charge in [-0.2, -0.15) is 0 Å². The van der Waals surface area contributed by atoms with Crippen LogP contribution in [-0.2, 0) is 6.42 Å². The van der Waals surface area contributed by atoms with Gasteiger partial charge in [0, 0.05) is 16.8 Å². The highest BCUT2D eigenvalue weighted by atomic mass is 16.6. The standard InChI is InChI=1S/C22H19NO3/c1-15(23-22(24)25-17-7-3-2-4-8-17)13-16-11-12-21-19(14-16)18-9-5-6-10-20(18)26-21/h2-12,14-15H,13H2,1H3,(H,23,24)/t15-/m0/s1. The van der Waals surface area contributed by atoms with Crippen molar-refractivity contribution in [3.8, 4) is 5.75 Å². The number of fused-ring (bicyclic) bond motifs is 3. The summed E-state index contributed by atoms with van der Waals surface area (Å²) < 4.78 is 11.1. The van der Waals surface area contributed by atoms with Crippen molar-refractivity contribution in [3.05, 3.63) is 78.4 Å². The average Bonchev–Trinajstić information content (AvgIpc) is 3.00. The fourth-order valence-electron chi connectivity index (χ4n) is 3.13. The van der Waals surface area contributed by atoms with Gasteiger partial charge in [-0.1, -0.05) is 42.5 Å². The molecule has 1 aromatic heterocycles. The second-order valence-corrected chi connectivity index (χ2v) is 6.38. The minimum atomic E-state index is -0.446. The predicted molar refractivity (Wildman–Crippen MR) is 102 cm³/mol. The third-order valence-corrected chi connectivity index (χ3v) is 4.30. The summed E-state index contributed by atoms with van der Waals surface area (Å²) in [6.45, 7) is 1.96. The van der Waals surface area contributed by atoms with Gasteiger partial charge in [0.1, 0.15) is 16.9 Å². The van der Waals surface area contributed by atoms with Crippen molar-refractivity contribution in [3.63, 3.8) is 0 Å². The number of nitrogens with one attached hydrogen (secondary N) is 1. The predicted octanol–water partition coefficient (Wildman–Crippen LogP) is 5.31. The fraction of sp³-hybridized carbons (Fsp3) is 0.136. The molecule has 4 aromatic rings. The minimum absolute atomic E-state index is 0.0539. The number of benzene rings is 3. The summed E-state index contributed by atoms with van der Waals surface area (Å²) in [5, 5.41) is 5.07. The van der Waals surface area contributed by atoms with Crippen LogP contribution in [0.25, 0.3) is 21.9 Å². The molecule has 1 atom stereocenters. The lowest BCUT2D eigenvalue weighted by atomic mass is 10.0. The van der Waals surface area contributed by atoms with Gasteiger partial charge < -0.3 is 14.5 Å². The molecule has 0 unspecified atom stereocenters. The van der Waals surface area contributed by atoms with Crippen LogP contribution in [0, 0.1) is 0 Å². The quantitative estimate of drug-likeness (QED) is 0.545. The maximum absolute atomic E-state index is 12.0. The zero-order chi connectivity index (χ0) is 17.9. The molecule has 1 amide bonds. The van der Waals surface area contributed by atoms with Crippen molar-refractivity contribution < 1.29 is 13.9 Å². The Bertz CT molecular complexity index is 1050. The number of carbonyl (C=O) groups is 1. The van der Waals surface area contributed by atoms with Crippen LogP contribution in [0.3, 0.4) is 0 Å². The number of rotatable bonds is 4. The molecule has 0 aliphatic rings. The summed E-state index contributed by atoms with van der Waals surface area (Å²) in [5.74, 6) is 0.531. The van der Waals surface area contributed by atoms with Gasteiger partial charge in [0.05, 0.1) is 0 Å². The third kappa shape index (κ3) is 3.40. The van der Waals surface area contributed by atoms with E-state index in [0.29, 0.717) is 12.2 Å². The monoisotopic (exact) mass is 345 g/mol. The summed E-state index contributed by atoms with van der Waals surface area (Å²) >= 11 is 0. The Morgan fingerprint density at radius 2 is 1.69 bits per heavy atom. The third-order valence-electron chi connectivity index (χ3n) is 4.30. The molecule has 0 saturated carbocycles. The van der Waals surface area contributed by atoms with Gasteiger partial charge >= 0.3 is 6.09 Å². The van der Waals surface area contributed by atoms with Crippen molar-refractivity contribution >= 4 is 28.0 Å². The molecule has 0 bridgehead atoms. The first-order valence-electron chi connectivity index (χ1n) is 8.62. The molecular formula is C22H19NO3. The van der Waals surface area contributed by atoms with Gasteiger partial charge in [0.15, 0.2) is 0 Å². The number of carbonyl (C=O) groups excluding carboxylic acids is 1. The van der Waals surface area contributed by atoms with Gasteiger partial charge in [-0.25, -0.2) is 4.79 Å². The molecule has 0 spiro atoms. The van der Waals surface area contributed by atoms with Crippen molar-refractivity contribution in [1.29, 1.82) is 0 Å². The molecule has 4 nitrogen and oxygen atoms in total. The van der Waals surface area contributed by atoms with Gasteiger partial charge in [-0.05, 0) is 49.2 Å². The van der Waals surface area contributed by atoms with E-state index in [1.165, 1.54) is 0 Å². The van der Waals surface area contributed by atoms with Crippen LogP contribution in [0.15, 0.2) is 77.2 Å². The number of hydrogen-bond donors (Lipinski definition) is 1. The molecule has 1 N–H and O–H groups in total. The van der Waals surface area contributed by atoms with Crippen molar-refractivity contribution in [2.24, 2.45) is 0 Å². The van der Waals surface area contributed by atoms with Gasteiger partial charge in [-0.3, -0.25) is 0 Å². The zero-order valence-corrected chi connectivity index (χ0v) is 14.4. The first kappa shape index (κ1) is 16.2. The lowest BCUT2D eigenvalue weighted by Crippen LogP contribution is -2.36. The highest BCUT2D eigenvalue weighted by molar-refractivity contribution is 6.04. The summed E-state index contributed by atoms with van der Waals surface area (Å²) in [7, 11) is 0. The van der Waals surface area contributed by atoms with Crippen LogP contribution < -0.4 is 10.1 Å². The topological polar surface area (TPSA) is 51.5 Å². The summed E-state index contributed by atoms with van der Waals surface area (Å²) in [5.41, 5.74) is 2.90. The highest BCUT2D eigenvalue weighted by Crippen LogP contribution is 2.29. The maximum Gasteiger partial charge on any atom is 0.412 e. The van der Waals surface area contributed by atoms with Crippen LogP contribution in [0.5, 0.6) is 5.75 Å². The molecule has 0 saturated heterocycles. The second-order valence-electron chi connectivity index (χ2n) is 6.38. The summed E-state index contributed by atoms with van der Waals surface area (Å²) in [4.78, 5) is 12.0. The van der Waals surface area contributed by atoms with E-state index >= 15 is 0 Å². The van der Waals surface area contributed by atoms with E-state index in [-0.39, 0.29) is 6.04 Å². The summed E-state index contributed by atoms with van der Waals surface area (Å²) in [6, 6.07) is 23.1. The number of ether oxygens (including phenoxy) is 1. The Morgan fingerprint density at radius 3 is 2.54 bits per heavy atom. The molecule has 0 radical (unpaired) electrons. The lowest BCUT2D eigenvalue weighted by Gasteiger charge is -2.14.